The molecule has 1 saturated carbocycles. The monoisotopic (exact) mass is 442 g/mol. The Labute approximate surface area is 176 Å². The van der Waals surface area contributed by atoms with E-state index in [1.54, 1.807) is 0 Å². The quantitative estimate of drug-likeness (QED) is 0.683. The predicted octanol–water partition coefficient (Wildman–Crippen LogP) is 3.12. The number of hydrogen-bond donors (Lipinski definition) is 1. The summed E-state index contributed by atoms with van der Waals surface area (Å²) in [6.07, 6.45) is 7.64. The highest BCUT2D eigenvalue weighted by Crippen LogP contribution is 2.28. The molecule has 9 heteroatoms. The van der Waals surface area contributed by atoms with Gasteiger partial charge in [-0.05, 0) is 43.9 Å². The van der Waals surface area contributed by atoms with Gasteiger partial charge in [0.1, 0.15) is 4.90 Å². The fraction of sp³-hybridized carbons (Fsp3) is 0.600. The first kappa shape index (κ1) is 22.1. The third-order valence-electron chi connectivity index (χ3n) is 5.40. The van der Waals surface area contributed by atoms with Crippen LogP contribution in [0, 0.1) is 0 Å². The number of sulfonamides is 1. The molecule has 1 heterocycles. The van der Waals surface area contributed by atoms with Crippen LogP contribution in [0.15, 0.2) is 23.1 Å². The number of halogens is 1. The number of esters is 1. The van der Waals surface area contributed by atoms with Crippen LogP contribution in [-0.4, -0.2) is 50.3 Å². The van der Waals surface area contributed by atoms with Crippen LogP contribution in [0.4, 0.5) is 0 Å². The summed E-state index contributed by atoms with van der Waals surface area (Å²) in [7, 11) is -3.80. The highest BCUT2D eigenvalue weighted by Gasteiger charge is 2.28. The molecule has 29 heavy (non-hydrogen) atoms. The average Bonchev–Trinajstić information content (AvgIpc) is 3.04. The van der Waals surface area contributed by atoms with Crippen molar-refractivity contribution >= 4 is 33.5 Å². The standard InChI is InChI=1S/C20H27ClN2O5S/c21-17-10-9-15(20(25)28-14-19(24)22-16-7-3-4-8-16)13-18(17)29(26,27)23-11-5-1-2-6-12-23/h9-10,13,16H,1-8,11-12,14H2,(H,22,24). The fourth-order valence-electron chi connectivity index (χ4n) is 3.80. The van der Waals surface area contributed by atoms with Crippen molar-refractivity contribution in [1.82, 2.24) is 9.62 Å². The minimum absolute atomic E-state index is 0.0523. The zero-order chi connectivity index (χ0) is 20.9. The molecule has 1 aromatic rings. The summed E-state index contributed by atoms with van der Waals surface area (Å²) in [5.74, 6) is -1.10. The van der Waals surface area contributed by atoms with E-state index in [1.807, 2.05) is 0 Å². The molecule has 0 spiro atoms. The minimum Gasteiger partial charge on any atom is -0.452 e. The summed E-state index contributed by atoms with van der Waals surface area (Å²) in [5.41, 5.74) is 0.0523. The van der Waals surface area contributed by atoms with Gasteiger partial charge in [0.25, 0.3) is 5.91 Å². The van der Waals surface area contributed by atoms with E-state index in [-0.39, 0.29) is 27.4 Å². The highest BCUT2D eigenvalue weighted by molar-refractivity contribution is 7.89. The van der Waals surface area contributed by atoms with Crippen molar-refractivity contribution < 1.29 is 22.7 Å². The second kappa shape index (κ2) is 9.91. The summed E-state index contributed by atoms with van der Waals surface area (Å²) in [4.78, 5) is 24.2. The van der Waals surface area contributed by atoms with Crippen molar-refractivity contribution in [2.75, 3.05) is 19.7 Å². The van der Waals surface area contributed by atoms with Crippen molar-refractivity contribution in [3.8, 4) is 0 Å². The molecule has 1 aromatic carbocycles. The van der Waals surface area contributed by atoms with Crippen molar-refractivity contribution in [3.63, 3.8) is 0 Å². The second-order valence-electron chi connectivity index (χ2n) is 7.59. The van der Waals surface area contributed by atoms with Crippen LogP contribution in [0.5, 0.6) is 0 Å². The van der Waals surface area contributed by atoms with Gasteiger partial charge >= 0.3 is 5.97 Å². The van der Waals surface area contributed by atoms with E-state index in [9.17, 15) is 18.0 Å². The highest BCUT2D eigenvalue weighted by atomic mass is 35.5. The number of nitrogens with one attached hydrogen (secondary N) is 1. The van der Waals surface area contributed by atoms with Gasteiger partial charge in [-0.1, -0.05) is 37.3 Å². The van der Waals surface area contributed by atoms with Crippen LogP contribution in [-0.2, 0) is 19.6 Å². The van der Waals surface area contributed by atoms with E-state index in [0.29, 0.717) is 13.1 Å². The topological polar surface area (TPSA) is 92.8 Å². The zero-order valence-corrected chi connectivity index (χ0v) is 17.9. The maximum absolute atomic E-state index is 13.0. The predicted molar refractivity (Wildman–Crippen MR) is 109 cm³/mol. The van der Waals surface area contributed by atoms with Gasteiger partial charge in [-0.3, -0.25) is 4.79 Å². The van der Waals surface area contributed by atoms with Crippen molar-refractivity contribution in [1.29, 1.82) is 0 Å². The van der Waals surface area contributed by atoms with E-state index >= 15 is 0 Å². The van der Waals surface area contributed by atoms with Crippen LogP contribution in [0.25, 0.3) is 0 Å². The first-order valence-electron chi connectivity index (χ1n) is 10.1. The summed E-state index contributed by atoms with van der Waals surface area (Å²) >= 11 is 6.15. The molecular weight excluding hydrogens is 416 g/mol. The normalized spacial score (nSPS) is 18.9. The summed E-state index contributed by atoms with van der Waals surface area (Å²) in [6.45, 7) is 0.482. The molecule has 1 aliphatic carbocycles. The molecule has 1 amide bonds. The Balaban J connectivity index is 1.67. The van der Waals surface area contributed by atoms with Crippen LogP contribution in [0.3, 0.4) is 0 Å². The number of hydrogen-bond acceptors (Lipinski definition) is 5. The van der Waals surface area contributed by atoms with E-state index < -0.39 is 22.6 Å². The Morgan fingerprint density at radius 1 is 1.07 bits per heavy atom. The zero-order valence-electron chi connectivity index (χ0n) is 16.4. The van der Waals surface area contributed by atoms with E-state index in [4.69, 9.17) is 16.3 Å². The minimum atomic E-state index is -3.80. The fourth-order valence-corrected chi connectivity index (χ4v) is 5.82. The second-order valence-corrected chi connectivity index (χ2v) is 9.90. The van der Waals surface area contributed by atoms with Gasteiger partial charge < -0.3 is 10.1 Å². The van der Waals surface area contributed by atoms with Gasteiger partial charge in [-0.15, -0.1) is 0 Å². The number of benzene rings is 1. The molecule has 1 N–H and O–H groups in total. The van der Waals surface area contributed by atoms with Gasteiger partial charge in [0.05, 0.1) is 10.6 Å². The lowest BCUT2D eigenvalue weighted by Gasteiger charge is -2.21. The molecule has 1 aliphatic heterocycles. The van der Waals surface area contributed by atoms with Gasteiger partial charge in [0, 0.05) is 19.1 Å². The molecule has 7 nitrogen and oxygen atoms in total. The van der Waals surface area contributed by atoms with Crippen LogP contribution >= 0.6 is 11.6 Å². The first-order valence-corrected chi connectivity index (χ1v) is 12.0. The van der Waals surface area contributed by atoms with Crippen molar-refractivity contribution in [3.05, 3.63) is 28.8 Å². The Kier molecular flexibility index (Phi) is 7.54. The lowest BCUT2D eigenvalue weighted by atomic mass is 10.2. The maximum atomic E-state index is 13.0. The lowest BCUT2D eigenvalue weighted by molar-refractivity contribution is -0.124. The molecule has 2 fully saturated rings. The molecule has 3 rings (SSSR count). The number of nitrogens with zero attached hydrogens (tertiary/aromatic N) is 1. The third-order valence-corrected chi connectivity index (χ3v) is 7.78. The first-order chi connectivity index (χ1) is 13.9. The smallest absolute Gasteiger partial charge is 0.338 e. The number of carbonyl (C=O) groups excluding carboxylic acids is 2. The molecule has 0 atom stereocenters. The largest absolute Gasteiger partial charge is 0.452 e. The SMILES string of the molecule is O=C(COC(=O)c1ccc(Cl)c(S(=O)(=O)N2CCCCCC2)c1)NC1CCCC1. The van der Waals surface area contributed by atoms with Gasteiger partial charge in [-0.25, -0.2) is 13.2 Å². The van der Waals surface area contributed by atoms with Crippen LogP contribution < -0.4 is 5.32 Å². The summed E-state index contributed by atoms with van der Waals surface area (Å²) in [6, 6.07) is 4.16. The summed E-state index contributed by atoms with van der Waals surface area (Å²) in [5, 5.41) is 2.90. The summed E-state index contributed by atoms with van der Waals surface area (Å²) < 4.78 is 32.5. The molecule has 2 aliphatic rings. The Bertz CT molecular complexity index is 844. The number of carbonyl (C=O) groups is 2. The van der Waals surface area contributed by atoms with Crippen LogP contribution in [0.2, 0.25) is 5.02 Å². The van der Waals surface area contributed by atoms with Gasteiger partial charge in [0.15, 0.2) is 6.61 Å². The third kappa shape index (κ3) is 5.71. The van der Waals surface area contributed by atoms with Crippen molar-refractivity contribution in [2.45, 2.75) is 62.3 Å². The van der Waals surface area contributed by atoms with E-state index in [0.717, 1.165) is 51.4 Å². The number of rotatable bonds is 6. The lowest BCUT2D eigenvalue weighted by Crippen LogP contribution is -2.36. The molecule has 0 bridgehead atoms. The molecule has 0 unspecified atom stereocenters. The molecule has 160 valence electrons. The Morgan fingerprint density at radius 3 is 2.38 bits per heavy atom. The number of ether oxygens (including phenoxy) is 1. The molecular formula is C20H27ClN2O5S. The molecule has 1 saturated heterocycles. The Hall–Kier alpha value is -1.64. The van der Waals surface area contributed by atoms with E-state index in [1.165, 1.54) is 22.5 Å². The van der Waals surface area contributed by atoms with E-state index in [2.05, 4.69) is 5.32 Å². The molecule has 0 radical (unpaired) electrons. The van der Waals surface area contributed by atoms with Crippen LogP contribution in [0.1, 0.15) is 61.7 Å². The Morgan fingerprint density at radius 2 is 1.72 bits per heavy atom. The van der Waals surface area contributed by atoms with Crippen molar-refractivity contribution in [2.24, 2.45) is 0 Å². The van der Waals surface area contributed by atoms with Gasteiger partial charge in [0.2, 0.25) is 10.0 Å². The number of amides is 1. The molecule has 0 aromatic heterocycles. The maximum Gasteiger partial charge on any atom is 0.338 e. The van der Waals surface area contributed by atoms with Gasteiger partial charge in [-0.2, -0.15) is 4.31 Å². The average molecular weight is 443 g/mol.